The van der Waals surface area contributed by atoms with Gasteiger partial charge in [0, 0.05) is 67.3 Å². The van der Waals surface area contributed by atoms with Crippen molar-refractivity contribution in [3.63, 3.8) is 0 Å². The number of benzene rings is 2. The Morgan fingerprint density at radius 1 is 1.05 bits per heavy atom. The first-order chi connectivity index (χ1) is 18.9. The number of anilines is 2. The molecular weight excluding hydrogens is 484 g/mol. The van der Waals surface area contributed by atoms with Crippen molar-refractivity contribution in [2.45, 2.75) is 52.0 Å². The predicted molar refractivity (Wildman–Crippen MR) is 156 cm³/mol. The Balaban J connectivity index is 1.32. The summed E-state index contributed by atoms with van der Waals surface area (Å²) in [5.41, 5.74) is 8.78. The fourth-order valence-corrected chi connectivity index (χ4v) is 6.68. The van der Waals surface area contributed by atoms with Crippen molar-refractivity contribution in [2.75, 3.05) is 42.6 Å². The fraction of sp³-hybridized carbons (Fsp3) is 0.469. The molecule has 2 aromatic carbocycles. The van der Waals surface area contributed by atoms with Crippen molar-refractivity contribution in [3.8, 4) is 11.4 Å². The summed E-state index contributed by atoms with van der Waals surface area (Å²) in [5.74, 6) is 2.61. The normalized spacial score (nSPS) is 20.7. The van der Waals surface area contributed by atoms with Crippen LogP contribution in [0.3, 0.4) is 0 Å². The molecule has 0 spiro atoms. The number of piperidine rings is 1. The molecule has 0 radical (unpaired) electrons. The number of rotatable bonds is 4. The third-order valence-corrected chi connectivity index (χ3v) is 9.08. The monoisotopic (exact) mass is 522 g/mol. The van der Waals surface area contributed by atoms with Gasteiger partial charge in [-0.05, 0) is 48.9 Å². The van der Waals surface area contributed by atoms with Gasteiger partial charge < -0.3 is 14.5 Å². The van der Waals surface area contributed by atoms with Gasteiger partial charge >= 0.3 is 0 Å². The van der Waals surface area contributed by atoms with Gasteiger partial charge in [-0.15, -0.1) is 0 Å². The summed E-state index contributed by atoms with van der Waals surface area (Å²) in [6, 6.07) is 13.3. The molecule has 0 aliphatic carbocycles. The van der Waals surface area contributed by atoms with Crippen LogP contribution in [0.1, 0.15) is 49.1 Å². The smallest absolute Gasteiger partial charge is 0.163 e. The van der Waals surface area contributed by atoms with Gasteiger partial charge in [-0.25, -0.2) is 9.97 Å². The van der Waals surface area contributed by atoms with Crippen LogP contribution in [-0.4, -0.2) is 52.6 Å². The molecule has 3 aliphatic rings. The van der Waals surface area contributed by atoms with E-state index in [9.17, 15) is 0 Å². The lowest BCUT2D eigenvalue weighted by Gasteiger charge is -2.40. The Morgan fingerprint density at radius 3 is 2.72 bits per heavy atom. The zero-order valence-corrected chi connectivity index (χ0v) is 23.6. The van der Waals surface area contributed by atoms with Crippen LogP contribution in [0.5, 0.6) is 0 Å². The van der Waals surface area contributed by atoms with Gasteiger partial charge in [0.1, 0.15) is 5.82 Å². The Morgan fingerprint density at radius 2 is 1.92 bits per heavy atom. The van der Waals surface area contributed by atoms with Gasteiger partial charge in [0.2, 0.25) is 0 Å². The van der Waals surface area contributed by atoms with Gasteiger partial charge in [0.15, 0.2) is 5.82 Å². The highest BCUT2D eigenvalue weighted by molar-refractivity contribution is 5.92. The Hall–Kier alpha value is -3.45. The maximum Gasteiger partial charge on any atom is 0.163 e. The van der Waals surface area contributed by atoms with E-state index >= 15 is 0 Å². The second-order valence-corrected chi connectivity index (χ2v) is 12.2. The molecule has 5 heterocycles. The van der Waals surface area contributed by atoms with E-state index in [2.05, 4.69) is 72.1 Å². The first-order valence-electron chi connectivity index (χ1n) is 14.4. The van der Waals surface area contributed by atoms with Gasteiger partial charge in [-0.3, -0.25) is 4.68 Å². The molecule has 1 atom stereocenters. The number of hydrogen-bond donors (Lipinski definition) is 0. The molecule has 0 saturated carbocycles. The molecule has 2 aromatic heterocycles. The zero-order chi connectivity index (χ0) is 26.7. The van der Waals surface area contributed by atoms with Crippen molar-refractivity contribution in [1.82, 2.24) is 19.7 Å². The Kier molecular flexibility index (Phi) is 5.88. The van der Waals surface area contributed by atoms with E-state index in [1.54, 1.807) is 0 Å². The minimum atomic E-state index is 0.121. The summed E-state index contributed by atoms with van der Waals surface area (Å²) in [6.07, 6.45) is 5.32. The number of fused-ring (bicyclic) bond motifs is 2. The van der Waals surface area contributed by atoms with E-state index in [0.29, 0.717) is 5.92 Å². The van der Waals surface area contributed by atoms with Crippen LogP contribution >= 0.6 is 0 Å². The molecule has 7 rings (SSSR count). The average Bonchev–Trinajstić information content (AvgIpc) is 3.32. The SMILES string of the molecule is Cc1ccc(C2(C)COC2)cc1N1CCc2nc(-c3cccc4cnn(C)c34)nc(N3CCCC(C)C3)c2C1. The Labute approximate surface area is 230 Å². The summed E-state index contributed by atoms with van der Waals surface area (Å²) in [6.45, 7) is 12.4. The molecule has 7 heteroatoms. The van der Waals surface area contributed by atoms with Crippen LogP contribution < -0.4 is 9.80 Å². The number of ether oxygens (including phenoxy) is 1. The van der Waals surface area contributed by atoms with Crippen LogP contribution in [0.4, 0.5) is 11.5 Å². The number of hydrogen-bond acceptors (Lipinski definition) is 6. The van der Waals surface area contributed by atoms with Crippen molar-refractivity contribution >= 4 is 22.4 Å². The van der Waals surface area contributed by atoms with E-state index in [0.717, 1.165) is 73.9 Å². The molecule has 7 nitrogen and oxygen atoms in total. The van der Waals surface area contributed by atoms with E-state index in [-0.39, 0.29) is 5.41 Å². The molecule has 1 unspecified atom stereocenters. The van der Waals surface area contributed by atoms with Gasteiger partial charge in [-0.2, -0.15) is 5.10 Å². The topological polar surface area (TPSA) is 59.3 Å². The van der Waals surface area contributed by atoms with E-state index in [1.807, 2.05) is 17.9 Å². The van der Waals surface area contributed by atoms with Crippen molar-refractivity contribution in [1.29, 1.82) is 0 Å². The highest BCUT2D eigenvalue weighted by Crippen LogP contribution is 2.38. The predicted octanol–water partition coefficient (Wildman–Crippen LogP) is 5.43. The second-order valence-electron chi connectivity index (χ2n) is 12.2. The number of aryl methyl sites for hydroxylation is 2. The molecule has 39 heavy (non-hydrogen) atoms. The molecule has 202 valence electrons. The largest absolute Gasteiger partial charge is 0.379 e. The number of aromatic nitrogens is 4. The molecule has 4 aromatic rings. The Bertz CT molecular complexity index is 1550. The summed E-state index contributed by atoms with van der Waals surface area (Å²) >= 11 is 0. The standard InChI is InChI=1S/C32H38N6O/c1-21-7-6-13-38(17-21)31-26-18-37(28-15-24(11-10-22(28)2)32(3)19-39-20-32)14-12-27(26)34-30(35-31)25-9-5-8-23-16-33-36(4)29(23)25/h5,8-11,15-16,21H,6-7,12-14,17-20H2,1-4H3. The lowest BCUT2D eigenvalue weighted by Crippen LogP contribution is -2.44. The van der Waals surface area contributed by atoms with E-state index < -0.39 is 0 Å². The zero-order valence-electron chi connectivity index (χ0n) is 23.6. The van der Waals surface area contributed by atoms with Gasteiger partial charge in [0.25, 0.3) is 0 Å². The number of para-hydroxylation sites is 1. The maximum atomic E-state index is 5.58. The summed E-state index contributed by atoms with van der Waals surface area (Å²) in [4.78, 5) is 15.7. The lowest BCUT2D eigenvalue weighted by atomic mass is 9.80. The minimum absolute atomic E-state index is 0.121. The van der Waals surface area contributed by atoms with Gasteiger partial charge in [0.05, 0.1) is 30.6 Å². The molecular formula is C32H38N6O. The molecule has 0 N–H and O–H groups in total. The summed E-state index contributed by atoms with van der Waals surface area (Å²) in [7, 11) is 2.00. The van der Waals surface area contributed by atoms with Gasteiger partial charge in [-0.1, -0.05) is 38.1 Å². The lowest BCUT2D eigenvalue weighted by molar-refractivity contribution is -0.0499. The molecule has 3 aliphatic heterocycles. The van der Waals surface area contributed by atoms with Crippen molar-refractivity contribution in [2.24, 2.45) is 13.0 Å². The third-order valence-electron chi connectivity index (χ3n) is 9.08. The highest BCUT2D eigenvalue weighted by Gasteiger charge is 2.36. The van der Waals surface area contributed by atoms with Crippen LogP contribution in [0.15, 0.2) is 42.6 Å². The molecule has 2 saturated heterocycles. The van der Waals surface area contributed by atoms with Crippen LogP contribution in [-0.2, 0) is 30.2 Å². The fourth-order valence-electron chi connectivity index (χ4n) is 6.68. The first kappa shape index (κ1) is 24.6. The molecule has 0 amide bonds. The third kappa shape index (κ3) is 4.18. The quantitative estimate of drug-likeness (QED) is 0.356. The molecule has 2 fully saturated rings. The van der Waals surface area contributed by atoms with Crippen molar-refractivity contribution in [3.05, 3.63) is 65.0 Å². The van der Waals surface area contributed by atoms with Crippen LogP contribution in [0.2, 0.25) is 0 Å². The van der Waals surface area contributed by atoms with Crippen LogP contribution in [0, 0.1) is 12.8 Å². The van der Waals surface area contributed by atoms with E-state index in [1.165, 1.54) is 40.9 Å². The second kappa shape index (κ2) is 9.33. The highest BCUT2D eigenvalue weighted by atomic mass is 16.5. The van der Waals surface area contributed by atoms with Crippen molar-refractivity contribution < 1.29 is 4.74 Å². The molecule has 0 bridgehead atoms. The van der Waals surface area contributed by atoms with E-state index in [4.69, 9.17) is 14.7 Å². The number of nitrogens with zero attached hydrogens (tertiary/aromatic N) is 6. The average molecular weight is 523 g/mol. The summed E-state index contributed by atoms with van der Waals surface area (Å²) in [5, 5.41) is 5.64. The maximum absolute atomic E-state index is 5.58. The minimum Gasteiger partial charge on any atom is -0.379 e. The first-order valence-corrected chi connectivity index (χ1v) is 14.4. The van der Waals surface area contributed by atoms with Crippen LogP contribution in [0.25, 0.3) is 22.3 Å². The summed E-state index contributed by atoms with van der Waals surface area (Å²) < 4.78 is 7.53.